The van der Waals surface area contributed by atoms with Crippen molar-refractivity contribution >= 4 is 5.91 Å². The molecule has 2 aliphatic rings. The maximum absolute atomic E-state index is 13.4. The molecule has 2 saturated heterocycles. The highest BCUT2D eigenvalue weighted by atomic mass is 19.1. The van der Waals surface area contributed by atoms with E-state index in [1.165, 1.54) is 12.1 Å². The molecule has 0 bridgehead atoms. The van der Waals surface area contributed by atoms with E-state index in [1.807, 2.05) is 0 Å². The Kier molecular flexibility index (Phi) is 5.29. The van der Waals surface area contributed by atoms with Crippen molar-refractivity contribution in [3.63, 3.8) is 0 Å². The van der Waals surface area contributed by atoms with Crippen LogP contribution < -0.4 is 4.74 Å². The quantitative estimate of drug-likeness (QED) is 0.819. The summed E-state index contributed by atoms with van der Waals surface area (Å²) in [6.45, 7) is 10.6. The van der Waals surface area contributed by atoms with Gasteiger partial charge in [-0.05, 0) is 37.3 Å². The number of hydrogen-bond donors (Lipinski definition) is 0. The summed E-state index contributed by atoms with van der Waals surface area (Å²) in [5.74, 6) is 0.617. The molecule has 1 amide bonds. The van der Waals surface area contributed by atoms with Crippen LogP contribution in [0.25, 0.3) is 0 Å². The third-order valence-corrected chi connectivity index (χ3v) is 5.57. The Labute approximate surface area is 156 Å². The van der Waals surface area contributed by atoms with Crippen molar-refractivity contribution in [1.29, 1.82) is 0 Å². The Balaban J connectivity index is 1.70. The summed E-state index contributed by atoms with van der Waals surface area (Å²) in [6.07, 6.45) is 2.97. The molecule has 0 radical (unpaired) electrons. The van der Waals surface area contributed by atoms with Gasteiger partial charge >= 0.3 is 0 Å². The Hall–Kier alpha value is -1.62. The second-order valence-corrected chi connectivity index (χ2v) is 9.09. The van der Waals surface area contributed by atoms with Gasteiger partial charge in [-0.15, -0.1) is 0 Å². The summed E-state index contributed by atoms with van der Waals surface area (Å²) in [7, 11) is 1.57. The Morgan fingerprint density at radius 2 is 2.00 bits per heavy atom. The molecular formula is C21H31FN2O2. The van der Waals surface area contributed by atoms with E-state index < -0.39 is 0 Å². The fourth-order valence-corrected chi connectivity index (χ4v) is 4.44. The molecule has 0 saturated carbocycles. The van der Waals surface area contributed by atoms with E-state index in [2.05, 4.69) is 30.6 Å². The van der Waals surface area contributed by atoms with Gasteiger partial charge in [0.2, 0.25) is 5.91 Å². The van der Waals surface area contributed by atoms with E-state index in [9.17, 15) is 9.18 Å². The minimum Gasteiger partial charge on any atom is -0.496 e. The zero-order valence-corrected chi connectivity index (χ0v) is 16.5. The number of piperidine rings is 1. The van der Waals surface area contributed by atoms with E-state index in [-0.39, 0.29) is 16.6 Å². The first-order valence-corrected chi connectivity index (χ1v) is 9.57. The summed E-state index contributed by atoms with van der Waals surface area (Å²) in [4.78, 5) is 17.6. The predicted octanol–water partition coefficient (Wildman–Crippen LogP) is 3.69. The number of methoxy groups -OCH3 is 1. The number of carbonyl (C=O) groups excluding carboxylic acids is 1. The molecule has 1 spiro atoms. The molecule has 1 atom stereocenters. The van der Waals surface area contributed by atoms with Crippen molar-refractivity contribution in [1.82, 2.24) is 9.80 Å². The van der Waals surface area contributed by atoms with Crippen molar-refractivity contribution in [2.24, 2.45) is 10.8 Å². The molecule has 3 rings (SSSR count). The number of amides is 1. The van der Waals surface area contributed by atoms with E-state index in [0.717, 1.165) is 51.0 Å². The molecule has 2 aliphatic heterocycles. The van der Waals surface area contributed by atoms with Gasteiger partial charge in [0.25, 0.3) is 0 Å². The summed E-state index contributed by atoms with van der Waals surface area (Å²) in [5.41, 5.74) is 0.853. The Morgan fingerprint density at radius 3 is 2.69 bits per heavy atom. The topological polar surface area (TPSA) is 32.8 Å². The van der Waals surface area contributed by atoms with Gasteiger partial charge in [-0.3, -0.25) is 9.69 Å². The van der Waals surface area contributed by atoms with Crippen LogP contribution >= 0.6 is 0 Å². The highest BCUT2D eigenvalue weighted by molar-refractivity contribution is 5.84. The second-order valence-electron chi connectivity index (χ2n) is 9.09. The van der Waals surface area contributed by atoms with E-state index >= 15 is 0 Å². The summed E-state index contributed by atoms with van der Waals surface area (Å²) < 4.78 is 18.7. The van der Waals surface area contributed by atoms with Gasteiger partial charge in [0.15, 0.2) is 0 Å². The van der Waals surface area contributed by atoms with Crippen LogP contribution in [0.1, 0.15) is 45.6 Å². The minimum atomic E-state index is -0.288. The molecule has 4 nitrogen and oxygen atoms in total. The summed E-state index contributed by atoms with van der Waals surface area (Å²) in [5, 5.41) is 0. The lowest BCUT2D eigenvalue weighted by Gasteiger charge is -2.42. The zero-order chi connectivity index (χ0) is 18.9. The van der Waals surface area contributed by atoms with Crippen molar-refractivity contribution in [2.45, 2.75) is 46.6 Å². The Bertz CT molecular complexity index is 670. The van der Waals surface area contributed by atoms with Gasteiger partial charge < -0.3 is 9.64 Å². The molecule has 5 heteroatoms. The zero-order valence-electron chi connectivity index (χ0n) is 16.5. The van der Waals surface area contributed by atoms with Crippen LogP contribution in [-0.2, 0) is 11.3 Å². The van der Waals surface area contributed by atoms with Crippen LogP contribution in [-0.4, -0.2) is 49.0 Å². The lowest BCUT2D eigenvalue weighted by Crippen LogP contribution is -2.52. The number of carbonyl (C=O) groups is 1. The third-order valence-electron chi connectivity index (χ3n) is 5.57. The number of likely N-dealkylation sites (tertiary alicyclic amines) is 2. The van der Waals surface area contributed by atoms with Crippen LogP contribution in [0.2, 0.25) is 0 Å². The van der Waals surface area contributed by atoms with Crippen molar-refractivity contribution in [3.8, 4) is 5.75 Å². The third kappa shape index (κ3) is 4.03. The predicted molar refractivity (Wildman–Crippen MR) is 101 cm³/mol. The molecule has 0 N–H and O–H groups in total. The number of rotatable bonds is 4. The minimum absolute atomic E-state index is 0.119. The van der Waals surface area contributed by atoms with E-state index in [0.29, 0.717) is 18.2 Å². The largest absolute Gasteiger partial charge is 0.496 e. The van der Waals surface area contributed by atoms with Crippen molar-refractivity contribution in [2.75, 3.05) is 33.3 Å². The van der Waals surface area contributed by atoms with Gasteiger partial charge in [-0.1, -0.05) is 26.8 Å². The standard InChI is InChI=1S/C21H31FN2O2/c1-20(2,3)14-24-10-5-8-21(19(24)25)9-11-23(15-21)13-16-6-7-17(22)12-18(16)26-4/h6-7,12H,5,8-11,13-15H2,1-4H3. The smallest absolute Gasteiger partial charge is 0.230 e. The molecule has 144 valence electrons. The van der Waals surface area contributed by atoms with Crippen LogP contribution in [0.3, 0.4) is 0 Å². The summed E-state index contributed by atoms with van der Waals surface area (Å²) >= 11 is 0. The van der Waals surface area contributed by atoms with Gasteiger partial charge in [0, 0.05) is 37.8 Å². The SMILES string of the molecule is COc1cc(F)ccc1CN1CCC2(CCCN(CC(C)(C)C)C2=O)C1. The number of ether oxygens (including phenoxy) is 1. The molecule has 2 fully saturated rings. The molecule has 2 heterocycles. The van der Waals surface area contributed by atoms with Crippen LogP contribution in [0.4, 0.5) is 4.39 Å². The Morgan fingerprint density at radius 1 is 1.23 bits per heavy atom. The first kappa shape index (κ1) is 19.2. The maximum Gasteiger partial charge on any atom is 0.230 e. The fraction of sp³-hybridized carbons (Fsp3) is 0.667. The van der Waals surface area contributed by atoms with Gasteiger partial charge in [0.1, 0.15) is 11.6 Å². The first-order valence-electron chi connectivity index (χ1n) is 9.57. The van der Waals surface area contributed by atoms with Crippen molar-refractivity contribution < 1.29 is 13.9 Å². The lowest BCUT2D eigenvalue weighted by atomic mass is 9.77. The summed E-state index contributed by atoms with van der Waals surface area (Å²) in [6, 6.07) is 4.69. The monoisotopic (exact) mass is 362 g/mol. The molecule has 1 aromatic rings. The molecular weight excluding hydrogens is 331 g/mol. The molecule has 26 heavy (non-hydrogen) atoms. The average Bonchev–Trinajstić information content (AvgIpc) is 2.96. The number of hydrogen-bond acceptors (Lipinski definition) is 3. The molecule has 1 unspecified atom stereocenters. The second kappa shape index (κ2) is 7.18. The molecule has 0 aliphatic carbocycles. The van der Waals surface area contributed by atoms with E-state index in [4.69, 9.17) is 4.74 Å². The van der Waals surface area contributed by atoms with Crippen LogP contribution in [0, 0.1) is 16.6 Å². The number of nitrogens with zero attached hydrogens (tertiary/aromatic N) is 2. The number of halogens is 1. The van der Waals surface area contributed by atoms with E-state index in [1.54, 1.807) is 13.2 Å². The van der Waals surface area contributed by atoms with Crippen LogP contribution in [0.5, 0.6) is 5.75 Å². The van der Waals surface area contributed by atoms with Crippen LogP contribution in [0.15, 0.2) is 18.2 Å². The van der Waals surface area contributed by atoms with Gasteiger partial charge in [-0.25, -0.2) is 4.39 Å². The lowest BCUT2D eigenvalue weighted by molar-refractivity contribution is -0.147. The highest BCUT2D eigenvalue weighted by Crippen LogP contribution is 2.41. The average molecular weight is 362 g/mol. The van der Waals surface area contributed by atoms with Gasteiger partial charge in [0.05, 0.1) is 12.5 Å². The van der Waals surface area contributed by atoms with Gasteiger partial charge in [-0.2, -0.15) is 0 Å². The first-order chi connectivity index (χ1) is 12.2. The molecule has 1 aromatic carbocycles. The molecule has 0 aromatic heterocycles. The normalized spacial score (nSPS) is 24.5. The van der Waals surface area contributed by atoms with Crippen molar-refractivity contribution in [3.05, 3.63) is 29.6 Å². The fourth-order valence-electron chi connectivity index (χ4n) is 4.44. The highest BCUT2D eigenvalue weighted by Gasteiger charge is 2.48. The maximum atomic E-state index is 13.4. The number of benzene rings is 1.